The van der Waals surface area contributed by atoms with Crippen molar-refractivity contribution in [3.63, 3.8) is 0 Å². The fourth-order valence-corrected chi connectivity index (χ4v) is 4.84. The Morgan fingerprint density at radius 1 is 0.974 bits per heavy atom. The van der Waals surface area contributed by atoms with Gasteiger partial charge in [-0.15, -0.1) is 0 Å². The molecule has 0 spiro atoms. The largest absolute Gasteiger partial charge is 0.497 e. The third-order valence-corrected chi connectivity index (χ3v) is 6.53. The number of Topliss-reactive ketones (excluding diaryl/α,β-unsaturated/α-hetero) is 1. The van der Waals surface area contributed by atoms with Crippen molar-refractivity contribution in [2.75, 3.05) is 12.0 Å². The van der Waals surface area contributed by atoms with Gasteiger partial charge in [0.25, 0.3) is 11.8 Å². The molecular weight excluding hydrogens is 518 g/mol. The summed E-state index contributed by atoms with van der Waals surface area (Å²) in [5.41, 5.74) is -7.82. The fourth-order valence-electron chi connectivity index (χ4n) is 4.84. The minimum Gasteiger partial charge on any atom is -0.497 e. The summed E-state index contributed by atoms with van der Waals surface area (Å²) in [7, 11) is 1.37. The van der Waals surface area contributed by atoms with Crippen LogP contribution < -0.4 is 15.0 Å². The Labute approximate surface area is 213 Å². The maximum Gasteiger partial charge on any atom is 0.425 e. The number of ketones is 1. The molecule has 2 aliphatic rings. The number of hydrogen-bond donors (Lipinski definition) is 1. The smallest absolute Gasteiger partial charge is 0.425 e. The Hall–Kier alpha value is -3.83. The van der Waals surface area contributed by atoms with Gasteiger partial charge in [0.05, 0.1) is 18.2 Å². The van der Waals surface area contributed by atoms with E-state index in [4.69, 9.17) is 4.74 Å². The zero-order chi connectivity index (χ0) is 28.3. The lowest BCUT2D eigenvalue weighted by Gasteiger charge is -2.35. The number of ether oxygens (including phenoxy) is 1. The van der Waals surface area contributed by atoms with Crippen LogP contribution in [-0.2, 0) is 15.8 Å². The normalized spacial score (nSPS) is 21.4. The highest BCUT2D eigenvalue weighted by Gasteiger charge is 2.72. The molecule has 1 heterocycles. The molecule has 2 aromatic carbocycles. The van der Waals surface area contributed by atoms with Crippen LogP contribution in [0.4, 0.5) is 32.0 Å². The number of amides is 2. The van der Waals surface area contributed by atoms with Crippen LogP contribution >= 0.6 is 0 Å². The van der Waals surface area contributed by atoms with Crippen LogP contribution in [0.5, 0.6) is 5.75 Å². The van der Waals surface area contributed by atoms with E-state index in [1.165, 1.54) is 31.4 Å². The van der Waals surface area contributed by atoms with Gasteiger partial charge in [-0.2, -0.15) is 26.3 Å². The van der Waals surface area contributed by atoms with Crippen LogP contribution in [0.15, 0.2) is 59.8 Å². The van der Waals surface area contributed by atoms with Crippen molar-refractivity contribution in [2.24, 2.45) is 5.41 Å². The second kappa shape index (κ2) is 8.88. The molecule has 202 valence electrons. The predicted octanol–water partition coefficient (Wildman–Crippen LogP) is 5.43. The van der Waals surface area contributed by atoms with Gasteiger partial charge in [0.15, 0.2) is 5.78 Å². The van der Waals surface area contributed by atoms with E-state index in [1.54, 1.807) is 19.2 Å². The van der Waals surface area contributed by atoms with Crippen molar-refractivity contribution >= 4 is 23.3 Å². The van der Waals surface area contributed by atoms with E-state index in [1.807, 2.05) is 0 Å². The standard InChI is InChI=1S/C26H22F6N2O4/c1-23(2)12-18-20(19(35)13-23)24(26(30,31)32,22(37)34(18)16-7-9-17(38-3)10-8-16)33-21(36)14-5-4-6-15(11-14)25(27,28)29/h4-11H,12-13H2,1-3H3,(H,33,36)/t24-/m0/s1. The Bertz CT molecular complexity index is 1340. The Morgan fingerprint density at radius 3 is 2.16 bits per heavy atom. The molecule has 0 saturated carbocycles. The maximum atomic E-state index is 14.9. The molecule has 38 heavy (non-hydrogen) atoms. The second-order valence-corrected chi connectivity index (χ2v) is 9.88. The van der Waals surface area contributed by atoms with Crippen LogP contribution in [0.1, 0.15) is 42.6 Å². The van der Waals surface area contributed by atoms with E-state index in [9.17, 15) is 40.7 Å². The molecule has 1 aliphatic carbocycles. The zero-order valence-electron chi connectivity index (χ0n) is 20.4. The number of anilines is 1. The van der Waals surface area contributed by atoms with Crippen molar-refractivity contribution < 1.29 is 45.5 Å². The summed E-state index contributed by atoms with van der Waals surface area (Å²) in [6.45, 7) is 3.31. The summed E-state index contributed by atoms with van der Waals surface area (Å²) < 4.78 is 89.3. The predicted molar refractivity (Wildman–Crippen MR) is 123 cm³/mol. The number of benzene rings is 2. The molecule has 12 heteroatoms. The van der Waals surface area contributed by atoms with E-state index < -0.39 is 57.6 Å². The van der Waals surface area contributed by atoms with E-state index >= 15 is 0 Å². The Kier molecular flexibility index (Phi) is 6.36. The van der Waals surface area contributed by atoms with Crippen molar-refractivity contribution in [3.8, 4) is 5.75 Å². The first-order chi connectivity index (χ1) is 17.5. The number of nitrogens with one attached hydrogen (secondary N) is 1. The summed E-state index contributed by atoms with van der Waals surface area (Å²) in [5, 5.41) is 1.63. The van der Waals surface area contributed by atoms with Crippen molar-refractivity contribution in [1.82, 2.24) is 5.32 Å². The molecule has 0 fully saturated rings. The van der Waals surface area contributed by atoms with Crippen LogP contribution in [0.2, 0.25) is 0 Å². The molecule has 0 saturated heterocycles. The number of hydrogen-bond acceptors (Lipinski definition) is 4. The van der Waals surface area contributed by atoms with E-state index in [2.05, 4.69) is 0 Å². The molecule has 0 bridgehead atoms. The third kappa shape index (κ3) is 4.41. The molecule has 0 radical (unpaired) electrons. The van der Waals surface area contributed by atoms with Gasteiger partial charge in [-0.3, -0.25) is 19.3 Å². The van der Waals surface area contributed by atoms with Crippen LogP contribution in [0.3, 0.4) is 0 Å². The van der Waals surface area contributed by atoms with Gasteiger partial charge >= 0.3 is 12.4 Å². The summed E-state index contributed by atoms with van der Waals surface area (Å²) in [5.74, 6) is -3.90. The van der Waals surface area contributed by atoms with Crippen LogP contribution in [0.25, 0.3) is 0 Å². The lowest BCUT2D eigenvalue weighted by atomic mass is 9.72. The summed E-state index contributed by atoms with van der Waals surface area (Å²) in [6.07, 6.45) is -10.8. The summed E-state index contributed by atoms with van der Waals surface area (Å²) in [4.78, 5) is 40.7. The van der Waals surface area contributed by atoms with E-state index in [0.29, 0.717) is 17.9 Å². The minimum atomic E-state index is -5.51. The lowest BCUT2D eigenvalue weighted by molar-refractivity contribution is -0.186. The average Bonchev–Trinajstić information content (AvgIpc) is 3.06. The van der Waals surface area contributed by atoms with Gasteiger partial charge in [-0.1, -0.05) is 19.9 Å². The zero-order valence-corrected chi connectivity index (χ0v) is 20.4. The molecule has 0 unspecified atom stereocenters. The third-order valence-electron chi connectivity index (χ3n) is 6.53. The second-order valence-electron chi connectivity index (χ2n) is 9.88. The number of rotatable bonds is 4. The number of carbonyl (C=O) groups is 3. The van der Waals surface area contributed by atoms with Gasteiger partial charge in [0, 0.05) is 23.4 Å². The highest BCUT2D eigenvalue weighted by molar-refractivity contribution is 6.21. The van der Waals surface area contributed by atoms with Crippen LogP contribution in [-0.4, -0.2) is 36.4 Å². The SMILES string of the molecule is COc1ccc(N2C(=O)[C@](NC(=O)c3cccc(C(F)(F)F)c3)(C(F)(F)F)C3=C2CC(C)(C)CC3=O)cc1. The minimum absolute atomic E-state index is 0.00626. The number of methoxy groups -OCH3 is 1. The molecule has 2 aromatic rings. The Morgan fingerprint density at radius 2 is 1.61 bits per heavy atom. The number of alkyl halides is 6. The molecule has 1 N–H and O–H groups in total. The highest BCUT2D eigenvalue weighted by atomic mass is 19.4. The van der Waals surface area contributed by atoms with Crippen molar-refractivity contribution in [3.05, 3.63) is 70.9 Å². The highest BCUT2D eigenvalue weighted by Crippen LogP contribution is 2.53. The summed E-state index contributed by atoms with van der Waals surface area (Å²) >= 11 is 0. The number of allylic oxidation sites excluding steroid dienone is 1. The number of carbonyl (C=O) groups excluding carboxylic acids is 3. The van der Waals surface area contributed by atoms with Crippen molar-refractivity contribution in [1.29, 1.82) is 0 Å². The lowest BCUT2D eigenvalue weighted by Crippen LogP contribution is -2.66. The first-order valence-corrected chi connectivity index (χ1v) is 11.3. The molecule has 4 rings (SSSR count). The molecule has 0 aromatic heterocycles. The number of halogens is 6. The van der Waals surface area contributed by atoms with Gasteiger partial charge in [-0.25, -0.2) is 0 Å². The van der Waals surface area contributed by atoms with E-state index in [0.717, 1.165) is 17.0 Å². The maximum absolute atomic E-state index is 14.9. The molecule has 1 atom stereocenters. The molecule has 6 nitrogen and oxygen atoms in total. The quantitative estimate of drug-likeness (QED) is 0.525. The fraction of sp³-hybridized carbons (Fsp3) is 0.346. The topological polar surface area (TPSA) is 75.7 Å². The molecule has 2 amide bonds. The number of nitrogens with zero attached hydrogens (tertiary/aromatic N) is 1. The monoisotopic (exact) mass is 540 g/mol. The van der Waals surface area contributed by atoms with Crippen LogP contribution in [0, 0.1) is 5.41 Å². The Balaban J connectivity index is 1.90. The average molecular weight is 540 g/mol. The van der Waals surface area contributed by atoms with E-state index in [-0.39, 0.29) is 24.2 Å². The first-order valence-electron chi connectivity index (χ1n) is 11.3. The molecular formula is C26H22F6N2O4. The van der Waals surface area contributed by atoms with Gasteiger partial charge < -0.3 is 10.1 Å². The molecule has 1 aliphatic heterocycles. The van der Waals surface area contributed by atoms with Gasteiger partial charge in [0.2, 0.25) is 5.54 Å². The first kappa shape index (κ1) is 27.2. The van der Waals surface area contributed by atoms with Crippen molar-refractivity contribution in [2.45, 2.75) is 44.6 Å². The summed E-state index contributed by atoms with van der Waals surface area (Å²) in [6, 6.07) is 8.24. The van der Waals surface area contributed by atoms with Gasteiger partial charge in [0.1, 0.15) is 5.75 Å². The van der Waals surface area contributed by atoms with Gasteiger partial charge in [-0.05, 0) is 54.3 Å².